The van der Waals surface area contributed by atoms with Crippen molar-refractivity contribution in [1.82, 2.24) is 20.4 Å². The van der Waals surface area contributed by atoms with Gasteiger partial charge in [-0.2, -0.15) is 26.3 Å². The smallest absolute Gasteiger partial charge is 0.417 e. The van der Waals surface area contributed by atoms with Gasteiger partial charge >= 0.3 is 36.6 Å². The van der Waals surface area contributed by atoms with E-state index in [1.165, 1.54) is 47.9 Å². The molecule has 19 nitrogen and oxygen atoms in total. The number of methoxy groups -OCH3 is 1. The second kappa shape index (κ2) is 30.2. The first-order chi connectivity index (χ1) is 45.5. The molecule has 9 rings (SSSR count). The maximum absolute atomic E-state index is 15.4. The summed E-state index contributed by atoms with van der Waals surface area (Å²) < 4.78 is 150. The normalized spacial score (nSPS) is 17.7. The molecule has 0 aromatic heterocycles. The summed E-state index contributed by atoms with van der Waals surface area (Å²) in [5.74, 6) is -6.53. The van der Waals surface area contributed by atoms with Crippen LogP contribution in [0.15, 0.2) is 130 Å². The molecule has 6 amide bonds. The van der Waals surface area contributed by atoms with Crippen molar-refractivity contribution in [2.24, 2.45) is 0 Å². The van der Waals surface area contributed by atoms with Crippen molar-refractivity contribution < 1.29 is 97.1 Å². The van der Waals surface area contributed by atoms with Crippen molar-refractivity contribution in [3.63, 3.8) is 0 Å². The molecule has 0 spiro atoms. The Morgan fingerprint density at radius 2 is 1.08 bits per heavy atom. The van der Waals surface area contributed by atoms with E-state index in [-0.39, 0.29) is 68.4 Å². The Morgan fingerprint density at radius 3 is 1.49 bits per heavy atom. The van der Waals surface area contributed by atoms with E-state index in [9.17, 15) is 51.1 Å². The van der Waals surface area contributed by atoms with Crippen molar-refractivity contribution >= 4 is 85.2 Å². The number of fused-ring (bicyclic) bond motifs is 2. The van der Waals surface area contributed by atoms with Crippen LogP contribution in [0, 0.1) is 11.6 Å². The van der Waals surface area contributed by atoms with Gasteiger partial charge in [-0.3, -0.25) is 14.4 Å². The second-order valence-corrected chi connectivity index (χ2v) is 26.0. The second-order valence-electron chi connectivity index (χ2n) is 24.2. The fraction of sp³-hybridized carbons (Fsp3) is 0.368. The number of likely N-dealkylation sites (tertiary alicyclic amines) is 1. The number of esters is 1. The predicted molar refractivity (Wildman–Crippen MR) is 344 cm³/mol. The number of halogens is 10. The number of nitrogens with one attached hydrogen (secondary N) is 2. The van der Waals surface area contributed by atoms with Gasteiger partial charge in [-0.05, 0) is 133 Å². The van der Waals surface area contributed by atoms with E-state index in [0.29, 0.717) is 40.5 Å². The zero-order valence-corrected chi connectivity index (χ0v) is 56.8. The zero-order chi connectivity index (χ0) is 71.1. The number of hydrogen-bond acceptors (Lipinski definition) is 13. The SMILES string of the molecule is CC(C)N(C(=O)c1cc2c(cc1C(F)(F)F)OC(C)(c1cc(Br)ccc1F)C(=O)N2CCNC(=O)OCc1ccccc1)[C@@H]1CCCN(C(=O)OC(C)(C)C)C1.COC(=O)c1cc2c(cc1C(F)(F)F)OC(C)(c1cc(Br)ccc1F)C(=O)N2CCNC(=O)OCc1ccccc1. The molecule has 0 bridgehead atoms. The van der Waals surface area contributed by atoms with Crippen LogP contribution in [0.25, 0.3) is 0 Å². The molecule has 3 atom stereocenters. The third-order valence-electron chi connectivity index (χ3n) is 15.7. The van der Waals surface area contributed by atoms with Crippen LogP contribution in [0.3, 0.4) is 0 Å². The number of rotatable bonds is 16. The van der Waals surface area contributed by atoms with Gasteiger partial charge in [-0.25, -0.2) is 28.0 Å². The molecule has 2 unspecified atom stereocenters. The molecule has 29 heteroatoms. The molecule has 0 saturated carbocycles. The van der Waals surface area contributed by atoms with Gasteiger partial charge in [0.2, 0.25) is 11.2 Å². The molecule has 518 valence electrons. The van der Waals surface area contributed by atoms with Crippen molar-refractivity contribution in [2.75, 3.05) is 56.2 Å². The Morgan fingerprint density at radius 1 is 0.649 bits per heavy atom. The van der Waals surface area contributed by atoms with Crippen LogP contribution < -0.4 is 29.9 Å². The lowest BCUT2D eigenvalue weighted by Crippen LogP contribution is -2.55. The fourth-order valence-corrected chi connectivity index (χ4v) is 11.9. The summed E-state index contributed by atoms with van der Waals surface area (Å²) in [5, 5.41) is 5.01. The van der Waals surface area contributed by atoms with Crippen molar-refractivity contribution in [3.05, 3.63) is 186 Å². The summed E-state index contributed by atoms with van der Waals surface area (Å²) in [6.45, 7) is 10.2. The minimum atomic E-state index is -5.07. The molecule has 6 aromatic carbocycles. The van der Waals surface area contributed by atoms with Gasteiger partial charge in [0.15, 0.2) is 0 Å². The number of carbonyl (C=O) groups excluding carboxylic acids is 7. The quantitative estimate of drug-likeness (QED) is 0.0525. The lowest BCUT2D eigenvalue weighted by molar-refractivity contribution is -0.139. The van der Waals surface area contributed by atoms with Crippen LogP contribution in [0.2, 0.25) is 0 Å². The van der Waals surface area contributed by atoms with E-state index in [1.54, 1.807) is 89.2 Å². The van der Waals surface area contributed by atoms with E-state index in [0.717, 1.165) is 52.3 Å². The van der Waals surface area contributed by atoms with Gasteiger partial charge in [0, 0.05) is 65.4 Å². The highest BCUT2D eigenvalue weighted by molar-refractivity contribution is 9.10. The highest BCUT2D eigenvalue weighted by Crippen LogP contribution is 2.50. The Kier molecular flexibility index (Phi) is 23.0. The number of alkyl halides is 6. The average molecular weight is 1490 g/mol. The Bertz CT molecular complexity index is 3940. The Hall–Kier alpha value is -8.99. The molecule has 3 heterocycles. The highest BCUT2D eigenvalue weighted by Gasteiger charge is 2.52. The van der Waals surface area contributed by atoms with E-state index in [2.05, 4.69) is 47.2 Å². The number of nitrogens with zero attached hydrogens (tertiary/aromatic N) is 4. The number of alkyl carbamates (subject to hydrolysis) is 2. The Labute approximate surface area is 569 Å². The maximum atomic E-state index is 15.4. The molecule has 3 aliphatic heterocycles. The molecule has 1 saturated heterocycles. The molecule has 97 heavy (non-hydrogen) atoms. The number of ether oxygens (including phenoxy) is 6. The lowest BCUT2D eigenvalue weighted by Gasteiger charge is -2.43. The van der Waals surface area contributed by atoms with Crippen LogP contribution in [-0.4, -0.2) is 116 Å². The van der Waals surface area contributed by atoms with Gasteiger partial charge in [0.25, 0.3) is 17.7 Å². The monoisotopic (exact) mass is 1490 g/mol. The average Bonchev–Trinajstić information content (AvgIpc) is 0.736. The topological polar surface area (TPSA) is 212 Å². The van der Waals surface area contributed by atoms with Gasteiger partial charge in [0.1, 0.15) is 41.9 Å². The molecule has 2 N–H and O–H groups in total. The van der Waals surface area contributed by atoms with Gasteiger partial charge < -0.3 is 58.7 Å². The van der Waals surface area contributed by atoms with Crippen LogP contribution in [0.5, 0.6) is 11.5 Å². The van der Waals surface area contributed by atoms with Crippen LogP contribution in [0.1, 0.15) is 115 Å². The predicted octanol–water partition coefficient (Wildman–Crippen LogP) is 14.4. The number of amides is 6. The summed E-state index contributed by atoms with van der Waals surface area (Å²) in [5.41, 5.74) is -8.79. The standard InChI is InChI=1S/C40H45BrF4N4O7.C28H23BrF4N2O6/c1-24(2)49(27-13-10-17-47(22-27)37(53)56-38(3,4)5)34(50)28-20-32-33(21-29(28)40(43,44)45)55-39(6,30-19-26(41)14-15-31(30)42)35(51)48(32)18-16-46-36(52)54-23-25-11-8-7-9-12-25;1-27(20-12-17(29)8-9-21(20)30)25(37)35(11-10-34-26(38)40-15-16-6-4-3-5-7-16)22-13-18(24(36)39-2)19(28(31,32)33)14-23(22)41-27/h7-9,11-12,14-15,19-21,24,27H,10,13,16-18,22-23H2,1-6H3,(H,46,52);3-9,12-14H,10-11,15H2,1-2H3,(H,34,38)/t27-,39?;/m1./s1. The minimum Gasteiger partial charge on any atom is -0.471 e. The number of hydrogen-bond donors (Lipinski definition) is 2. The molecular weight excluding hydrogens is 1420 g/mol. The summed E-state index contributed by atoms with van der Waals surface area (Å²) in [6, 6.07) is 27.0. The third-order valence-corrected chi connectivity index (χ3v) is 16.7. The van der Waals surface area contributed by atoms with E-state index < -0.39 is 129 Å². The molecule has 0 radical (unpaired) electrons. The van der Waals surface area contributed by atoms with Gasteiger partial charge in [-0.1, -0.05) is 92.5 Å². The lowest BCUT2D eigenvalue weighted by atomic mass is 9.90. The summed E-state index contributed by atoms with van der Waals surface area (Å²) >= 11 is 6.47. The zero-order valence-electron chi connectivity index (χ0n) is 53.6. The third kappa shape index (κ3) is 17.4. The van der Waals surface area contributed by atoms with Crippen molar-refractivity contribution in [1.29, 1.82) is 0 Å². The highest BCUT2D eigenvalue weighted by atomic mass is 79.9. The molecule has 3 aliphatic rings. The Balaban J connectivity index is 0.000000260. The first kappa shape index (κ1) is 73.8. The first-order valence-corrected chi connectivity index (χ1v) is 31.8. The number of carbonyl (C=O) groups is 7. The maximum Gasteiger partial charge on any atom is 0.417 e. The van der Waals surface area contributed by atoms with E-state index in [4.69, 9.17) is 23.7 Å². The van der Waals surface area contributed by atoms with Crippen LogP contribution in [0.4, 0.5) is 60.9 Å². The molecular formula is C68H68Br2F8N6O13. The summed E-state index contributed by atoms with van der Waals surface area (Å²) in [4.78, 5) is 97.7. The van der Waals surface area contributed by atoms with E-state index >= 15 is 17.6 Å². The number of piperidine rings is 1. The number of anilines is 2. The summed E-state index contributed by atoms with van der Waals surface area (Å²) in [7, 11) is 0.916. The molecule has 1 fully saturated rings. The minimum absolute atomic E-state index is 0.0189. The fourth-order valence-electron chi connectivity index (χ4n) is 11.1. The largest absolute Gasteiger partial charge is 0.471 e. The number of benzene rings is 6. The van der Waals surface area contributed by atoms with Crippen LogP contribution in [-0.2, 0) is 65.3 Å². The van der Waals surface area contributed by atoms with Gasteiger partial charge in [-0.15, -0.1) is 0 Å². The first-order valence-electron chi connectivity index (χ1n) is 30.3. The van der Waals surface area contributed by atoms with Gasteiger partial charge in [0.05, 0.1) is 46.8 Å². The summed E-state index contributed by atoms with van der Waals surface area (Å²) in [6.07, 6.45) is -11.4. The molecule has 0 aliphatic carbocycles. The molecule has 6 aromatic rings. The van der Waals surface area contributed by atoms with Crippen molar-refractivity contribution in [3.8, 4) is 11.5 Å². The van der Waals surface area contributed by atoms with Crippen molar-refractivity contribution in [2.45, 2.75) is 116 Å². The van der Waals surface area contributed by atoms with Crippen LogP contribution >= 0.6 is 31.9 Å². The van der Waals surface area contributed by atoms with E-state index in [1.807, 2.05) is 6.07 Å².